The van der Waals surface area contributed by atoms with Crippen molar-refractivity contribution in [2.24, 2.45) is 5.92 Å². The Morgan fingerprint density at radius 1 is 1.36 bits per heavy atom. The third-order valence-corrected chi connectivity index (χ3v) is 7.24. The number of aromatic nitrogens is 1. The number of hydrogen-bond donors (Lipinski definition) is 0. The minimum absolute atomic E-state index is 0.0413. The fourth-order valence-electron chi connectivity index (χ4n) is 3.74. The second-order valence-corrected chi connectivity index (χ2v) is 9.54. The maximum Gasteiger partial charge on any atom is 0.281 e. The van der Waals surface area contributed by atoms with Crippen molar-refractivity contribution in [2.75, 3.05) is 47.4 Å². The van der Waals surface area contributed by atoms with Crippen LogP contribution in [-0.2, 0) is 21.6 Å². The van der Waals surface area contributed by atoms with Crippen molar-refractivity contribution in [3.05, 3.63) is 30.1 Å². The molecule has 0 N–H and O–H groups in total. The van der Waals surface area contributed by atoms with Crippen LogP contribution in [0.5, 0.6) is 0 Å². The second-order valence-electron chi connectivity index (χ2n) is 7.40. The van der Waals surface area contributed by atoms with Gasteiger partial charge in [-0.15, -0.1) is 0 Å². The molecular formula is C17H28N4O3S. The lowest BCUT2D eigenvalue weighted by Crippen LogP contribution is -2.73. The van der Waals surface area contributed by atoms with Crippen molar-refractivity contribution >= 4 is 10.2 Å². The molecule has 2 aliphatic heterocycles. The highest BCUT2D eigenvalue weighted by atomic mass is 32.2. The molecule has 0 unspecified atom stereocenters. The number of rotatable bonds is 6. The molecule has 0 saturated carbocycles. The number of nitrogens with zero attached hydrogens (tertiary/aromatic N) is 4. The number of likely N-dealkylation sites (tertiary alicyclic amines) is 1. The van der Waals surface area contributed by atoms with Gasteiger partial charge in [0.05, 0.1) is 18.9 Å². The Morgan fingerprint density at radius 2 is 2.12 bits per heavy atom. The molecule has 1 spiro atoms. The van der Waals surface area contributed by atoms with Gasteiger partial charge in [0.15, 0.2) is 0 Å². The van der Waals surface area contributed by atoms with Gasteiger partial charge in [-0.25, -0.2) is 0 Å². The molecule has 2 fully saturated rings. The minimum Gasteiger partial charge on any atom is -0.375 e. The molecule has 140 valence electrons. The van der Waals surface area contributed by atoms with Crippen molar-refractivity contribution in [3.8, 4) is 0 Å². The van der Waals surface area contributed by atoms with Crippen LogP contribution in [0.2, 0.25) is 0 Å². The van der Waals surface area contributed by atoms with Crippen molar-refractivity contribution in [2.45, 2.75) is 25.0 Å². The Hall–Kier alpha value is -1.06. The monoisotopic (exact) mass is 368 g/mol. The van der Waals surface area contributed by atoms with Crippen LogP contribution >= 0.6 is 0 Å². The van der Waals surface area contributed by atoms with Crippen LogP contribution in [-0.4, -0.2) is 79.8 Å². The van der Waals surface area contributed by atoms with E-state index in [1.165, 1.54) is 4.31 Å². The van der Waals surface area contributed by atoms with Crippen LogP contribution in [0, 0.1) is 5.92 Å². The summed E-state index contributed by atoms with van der Waals surface area (Å²) in [7, 11) is 1.96. The lowest BCUT2D eigenvalue weighted by atomic mass is 9.77. The van der Waals surface area contributed by atoms with Gasteiger partial charge in [0.1, 0.15) is 0 Å². The van der Waals surface area contributed by atoms with E-state index in [-0.39, 0.29) is 5.54 Å². The lowest BCUT2D eigenvalue weighted by molar-refractivity contribution is -0.0614. The molecule has 1 atom stereocenters. The van der Waals surface area contributed by atoms with Gasteiger partial charge >= 0.3 is 0 Å². The summed E-state index contributed by atoms with van der Waals surface area (Å²) >= 11 is 0. The maximum absolute atomic E-state index is 12.3. The Bertz CT molecular complexity index is 674. The molecule has 1 aromatic rings. The molecule has 0 aliphatic carbocycles. The molecule has 0 aromatic carbocycles. The highest BCUT2D eigenvalue weighted by Gasteiger charge is 2.53. The van der Waals surface area contributed by atoms with Gasteiger partial charge in [-0.2, -0.15) is 17.0 Å². The van der Waals surface area contributed by atoms with E-state index < -0.39 is 10.2 Å². The average molecular weight is 369 g/mol. The Labute approximate surface area is 150 Å². The molecule has 0 bridgehead atoms. The fraction of sp³-hybridized carbons (Fsp3) is 0.706. The van der Waals surface area contributed by atoms with Crippen LogP contribution in [0.4, 0.5) is 0 Å². The molecule has 0 radical (unpaired) electrons. The fourth-order valence-corrected chi connectivity index (χ4v) is 5.01. The number of likely N-dealkylation sites (N-methyl/N-ethyl adjacent to an activating group) is 1. The summed E-state index contributed by atoms with van der Waals surface area (Å²) in [6.45, 7) is 3.35. The maximum atomic E-state index is 12.3. The van der Waals surface area contributed by atoms with E-state index in [9.17, 15) is 8.42 Å². The Balaban J connectivity index is 1.53. The lowest BCUT2D eigenvalue weighted by Gasteiger charge is -2.58. The smallest absolute Gasteiger partial charge is 0.281 e. The molecular weight excluding hydrogens is 340 g/mol. The van der Waals surface area contributed by atoms with Gasteiger partial charge < -0.3 is 4.74 Å². The van der Waals surface area contributed by atoms with Crippen molar-refractivity contribution < 1.29 is 13.2 Å². The predicted molar refractivity (Wildman–Crippen MR) is 96.2 cm³/mol. The summed E-state index contributed by atoms with van der Waals surface area (Å²) < 4.78 is 33.2. The summed E-state index contributed by atoms with van der Waals surface area (Å²) in [4.78, 5) is 6.59. The molecule has 3 rings (SSSR count). The summed E-state index contributed by atoms with van der Waals surface area (Å²) in [6, 6.07) is 5.82. The Morgan fingerprint density at radius 3 is 2.76 bits per heavy atom. The highest BCUT2D eigenvalue weighted by Crippen LogP contribution is 2.39. The van der Waals surface area contributed by atoms with Crippen LogP contribution in [0.25, 0.3) is 0 Å². The average Bonchev–Trinajstić information content (AvgIpc) is 2.55. The Kier molecular flexibility index (Phi) is 5.45. The largest absolute Gasteiger partial charge is 0.375 e. The van der Waals surface area contributed by atoms with E-state index in [0.717, 1.165) is 25.1 Å². The zero-order valence-electron chi connectivity index (χ0n) is 15.3. The zero-order chi connectivity index (χ0) is 18.1. The van der Waals surface area contributed by atoms with Gasteiger partial charge in [-0.3, -0.25) is 9.88 Å². The normalized spacial score (nSPS) is 24.6. The first-order valence-electron chi connectivity index (χ1n) is 8.70. The van der Waals surface area contributed by atoms with Gasteiger partial charge in [0.25, 0.3) is 10.2 Å². The minimum atomic E-state index is -3.31. The van der Waals surface area contributed by atoms with Crippen molar-refractivity contribution in [1.29, 1.82) is 0 Å². The van der Waals surface area contributed by atoms with Gasteiger partial charge in [0.2, 0.25) is 0 Å². The summed E-state index contributed by atoms with van der Waals surface area (Å²) in [5, 5.41) is 0. The number of ether oxygens (including phenoxy) is 1. The van der Waals surface area contributed by atoms with E-state index in [0.29, 0.717) is 32.2 Å². The van der Waals surface area contributed by atoms with Gasteiger partial charge in [0, 0.05) is 38.9 Å². The first kappa shape index (κ1) is 18.7. The third-order valence-electron chi connectivity index (χ3n) is 5.41. The van der Waals surface area contributed by atoms with Crippen LogP contribution in [0.1, 0.15) is 18.5 Å². The highest BCUT2D eigenvalue weighted by molar-refractivity contribution is 7.86. The first-order valence-corrected chi connectivity index (χ1v) is 10.1. The molecule has 2 aliphatic rings. The molecule has 3 heterocycles. The molecule has 25 heavy (non-hydrogen) atoms. The topological polar surface area (TPSA) is 66.0 Å². The van der Waals surface area contributed by atoms with Crippen molar-refractivity contribution in [1.82, 2.24) is 18.5 Å². The molecule has 1 aromatic heterocycles. The van der Waals surface area contributed by atoms with E-state index in [4.69, 9.17) is 4.74 Å². The standard InChI is InChI=1S/C17H28N4O3S/c1-19(2)25(22,23)21-13-17(14-21)10-15(7-9-20(17)3)11-24-12-16-6-4-5-8-18-16/h4-6,8,15H,7,9-14H2,1-3H3/t15-/m0/s1. The quantitative estimate of drug-likeness (QED) is 0.743. The molecule has 8 heteroatoms. The third kappa shape index (κ3) is 3.88. The zero-order valence-corrected chi connectivity index (χ0v) is 16.1. The number of pyridine rings is 1. The number of piperidine rings is 1. The molecule has 0 amide bonds. The summed E-state index contributed by atoms with van der Waals surface area (Å²) in [5.41, 5.74) is 0.900. The van der Waals surface area contributed by atoms with Crippen LogP contribution in [0.3, 0.4) is 0 Å². The van der Waals surface area contributed by atoms with E-state index in [1.54, 1.807) is 24.6 Å². The first-order chi connectivity index (χ1) is 11.8. The van der Waals surface area contributed by atoms with Crippen LogP contribution in [0.15, 0.2) is 24.4 Å². The van der Waals surface area contributed by atoms with Crippen molar-refractivity contribution in [3.63, 3.8) is 0 Å². The number of hydrogen-bond acceptors (Lipinski definition) is 5. The second kappa shape index (κ2) is 7.28. The van der Waals surface area contributed by atoms with Gasteiger partial charge in [-0.05, 0) is 44.5 Å². The van der Waals surface area contributed by atoms with E-state index in [1.807, 2.05) is 18.2 Å². The summed E-state index contributed by atoms with van der Waals surface area (Å²) in [6.07, 6.45) is 3.84. The van der Waals surface area contributed by atoms with E-state index >= 15 is 0 Å². The van der Waals surface area contributed by atoms with Gasteiger partial charge in [-0.1, -0.05) is 6.07 Å². The van der Waals surface area contributed by atoms with Crippen LogP contribution < -0.4 is 0 Å². The molecule has 7 nitrogen and oxygen atoms in total. The SMILES string of the molecule is CN1CC[C@H](COCc2ccccn2)CC12CN(S(=O)(=O)N(C)C)C2. The van der Waals surface area contributed by atoms with E-state index in [2.05, 4.69) is 16.9 Å². The predicted octanol–water partition coefficient (Wildman–Crippen LogP) is 0.801. The molecule has 2 saturated heterocycles. The summed E-state index contributed by atoms with van der Waals surface area (Å²) in [5.74, 6) is 0.462.